The molecule has 6 heteroatoms. The first-order valence-electron chi connectivity index (χ1n) is 23.8. The van der Waals surface area contributed by atoms with Crippen molar-refractivity contribution < 1.29 is 28.6 Å². The van der Waals surface area contributed by atoms with E-state index in [2.05, 4.69) is 81.5 Å². The van der Waals surface area contributed by atoms with Crippen LogP contribution in [0.1, 0.15) is 226 Å². The van der Waals surface area contributed by atoms with Crippen LogP contribution in [-0.4, -0.2) is 37.2 Å². The van der Waals surface area contributed by atoms with E-state index in [1.54, 1.807) is 0 Å². The maximum Gasteiger partial charge on any atom is 0.306 e. The summed E-state index contributed by atoms with van der Waals surface area (Å²) in [4.78, 5) is 37.7. The summed E-state index contributed by atoms with van der Waals surface area (Å²) in [6.45, 7) is 6.43. The van der Waals surface area contributed by atoms with Crippen molar-refractivity contribution in [3.8, 4) is 0 Å². The summed E-state index contributed by atoms with van der Waals surface area (Å²) in [7, 11) is 0. The summed E-state index contributed by atoms with van der Waals surface area (Å²) >= 11 is 0. The number of carbonyl (C=O) groups excluding carboxylic acids is 3. The Balaban J connectivity index is 4.39. The normalized spacial score (nSPS) is 12.5. The van der Waals surface area contributed by atoms with E-state index in [-0.39, 0.29) is 37.5 Å². The van der Waals surface area contributed by atoms with Crippen molar-refractivity contribution >= 4 is 17.9 Å². The Morgan fingerprint density at radius 2 is 0.754 bits per heavy atom. The van der Waals surface area contributed by atoms with E-state index in [4.69, 9.17) is 14.2 Å². The lowest BCUT2D eigenvalue weighted by Gasteiger charge is -2.18. The molecule has 0 spiro atoms. The molecular formula is C51H88O6. The second kappa shape index (κ2) is 45.8. The van der Waals surface area contributed by atoms with Crippen LogP contribution in [0.4, 0.5) is 0 Å². The number of rotatable bonds is 42. The lowest BCUT2D eigenvalue weighted by molar-refractivity contribution is -0.167. The largest absolute Gasteiger partial charge is 0.462 e. The lowest BCUT2D eigenvalue weighted by atomic mass is 10.1. The van der Waals surface area contributed by atoms with Crippen molar-refractivity contribution in [2.45, 2.75) is 232 Å². The Morgan fingerprint density at radius 3 is 1.21 bits per heavy atom. The van der Waals surface area contributed by atoms with Gasteiger partial charge in [-0.2, -0.15) is 0 Å². The first-order valence-corrected chi connectivity index (χ1v) is 23.8. The van der Waals surface area contributed by atoms with Crippen LogP contribution in [0.25, 0.3) is 0 Å². The highest BCUT2D eigenvalue weighted by Gasteiger charge is 2.19. The number of allylic oxidation sites excluding steroid dienone is 10. The fraction of sp³-hybridized carbons (Fsp3) is 0.745. The van der Waals surface area contributed by atoms with Crippen LogP contribution >= 0.6 is 0 Å². The van der Waals surface area contributed by atoms with Gasteiger partial charge in [0.15, 0.2) is 6.10 Å². The Labute approximate surface area is 351 Å². The third-order valence-electron chi connectivity index (χ3n) is 10.0. The fourth-order valence-electron chi connectivity index (χ4n) is 6.46. The Morgan fingerprint density at radius 1 is 0.386 bits per heavy atom. The number of ether oxygens (including phenoxy) is 3. The number of esters is 3. The maximum atomic E-state index is 12.7. The molecule has 0 aromatic rings. The van der Waals surface area contributed by atoms with Gasteiger partial charge in [-0.15, -0.1) is 0 Å². The quantitative estimate of drug-likeness (QED) is 0.0201. The van der Waals surface area contributed by atoms with Crippen molar-refractivity contribution in [3.63, 3.8) is 0 Å². The zero-order chi connectivity index (χ0) is 41.5. The molecule has 0 aromatic carbocycles. The van der Waals surface area contributed by atoms with E-state index in [1.165, 1.54) is 96.3 Å². The summed E-state index contributed by atoms with van der Waals surface area (Å²) in [5, 5.41) is 0. The van der Waals surface area contributed by atoms with Gasteiger partial charge in [0.05, 0.1) is 0 Å². The molecule has 0 bridgehead atoms. The van der Waals surface area contributed by atoms with Crippen molar-refractivity contribution in [1.29, 1.82) is 0 Å². The Bertz CT molecular complexity index is 1050. The van der Waals surface area contributed by atoms with Crippen molar-refractivity contribution in [1.82, 2.24) is 0 Å². The summed E-state index contributed by atoms with van der Waals surface area (Å²) in [6, 6.07) is 0. The van der Waals surface area contributed by atoms with Crippen LogP contribution in [-0.2, 0) is 28.6 Å². The molecule has 0 rings (SSSR count). The summed E-state index contributed by atoms with van der Waals surface area (Å²) < 4.78 is 16.6. The topological polar surface area (TPSA) is 78.9 Å². The van der Waals surface area contributed by atoms with Crippen LogP contribution in [0.15, 0.2) is 60.8 Å². The average molecular weight is 797 g/mol. The monoisotopic (exact) mass is 797 g/mol. The number of unbranched alkanes of at least 4 members (excludes halogenated alkanes) is 22. The van der Waals surface area contributed by atoms with Crippen LogP contribution in [0.2, 0.25) is 0 Å². The SMILES string of the molecule is CC/C=C\C/C=C\C/C=C\CCCC(=O)OC(COC(=O)CCCCCCC/C=C\C=C/CCCCCCCCC)COC(=O)CCCCCCCCCCCC. The molecule has 0 N–H and O–H groups in total. The smallest absolute Gasteiger partial charge is 0.306 e. The van der Waals surface area contributed by atoms with E-state index >= 15 is 0 Å². The minimum Gasteiger partial charge on any atom is -0.462 e. The molecule has 0 fully saturated rings. The highest BCUT2D eigenvalue weighted by atomic mass is 16.6. The Hall–Kier alpha value is -2.89. The van der Waals surface area contributed by atoms with E-state index in [9.17, 15) is 14.4 Å². The zero-order valence-electron chi connectivity index (χ0n) is 37.3. The van der Waals surface area contributed by atoms with E-state index in [0.717, 1.165) is 83.5 Å². The molecular weight excluding hydrogens is 709 g/mol. The molecule has 0 aliphatic rings. The third-order valence-corrected chi connectivity index (χ3v) is 10.0. The van der Waals surface area contributed by atoms with Crippen LogP contribution in [0.3, 0.4) is 0 Å². The molecule has 0 heterocycles. The van der Waals surface area contributed by atoms with Crippen LogP contribution in [0.5, 0.6) is 0 Å². The molecule has 0 aliphatic heterocycles. The van der Waals surface area contributed by atoms with Gasteiger partial charge < -0.3 is 14.2 Å². The summed E-state index contributed by atoms with van der Waals surface area (Å²) in [5.41, 5.74) is 0. The van der Waals surface area contributed by atoms with Crippen LogP contribution in [0, 0.1) is 0 Å². The van der Waals surface area contributed by atoms with Gasteiger partial charge in [-0.25, -0.2) is 0 Å². The van der Waals surface area contributed by atoms with Gasteiger partial charge in [0.25, 0.3) is 0 Å². The number of hydrogen-bond donors (Lipinski definition) is 0. The molecule has 0 saturated carbocycles. The van der Waals surface area contributed by atoms with Gasteiger partial charge in [0.1, 0.15) is 13.2 Å². The van der Waals surface area contributed by atoms with E-state index in [1.807, 2.05) is 0 Å². The second-order valence-corrected chi connectivity index (χ2v) is 15.7. The zero-order valence-corrected chi connectivity index (χ0v) is 37.3. The maximum absolute atomic E-state index is 12.7. The van der Waals surface area contributed by atoms with Crippen LogP contribution < -0.4 is 0 Å². The summed E-state index contributed by atoms with van der Waals surface area (Å²) in [5.74, 6) is -0.972. The minimum atomic E-state index is -0.802. The van der Waals surface area contributed by atoms with Gasteiger partial charge in [-0.1, -0.05) is 197 Å². The summed E-state index contributed by atoms with van der Waals surface area (Å²) in [6.07, 6.45) is 55.0. The number of hydrogen-bond acceptors (Lipinski definition) is 6. The minimum absolute atomic E-state index is 0.0985. The molecule has 6 nitrogen and oxygen atoms in total. The van der Waals surface area contributed by atoms with Gasteiger partial charge >= 0.3 is 17.9 Å². The standard InChI is InChI=1S/C51H88O6/c1-4-7-10-13-16-19-22-23-24-25-26-27-28-30-32-35-38-41-44-50(53)56-47-48(46-55-49(52)43-40-37-34-31-21-18-15-12-9-6-3)57-51(54)45-42-39-36-33-29-20-17-14-11-8-5-2/h8,11,17,20,24-27,33,36,48H,4-7,9-10,12-16,18-19,21-23,28-32,34-35,37-47H2,1-3H3/b11-8-,20-17-,25-24-,27-26-,36-33-. The predicted molar refractivity (Wildman–Crippen MR) is 242 cm³/mol. The van der Waals surface area contributed by atoms with Gasteiger partial charge in [0, 0.05) is 19.3 Å². The molecule has 0 radical (unpaired) electrons. The van der Waals surface area contributed by atoms with Gasteiger partial charge in [0.2, 0.25) is 0 Å². The molecule has 0 aliphatic carbocycles. The first-order chi connectivity index (χ1) is 28.0. The number of carbonyl (C=O) groups is 3. The molecule has 57 heavy (non-hydrogen) atoms. The molecule has 328 valence electrons. The van der Waals surface area contributed by atoms with E-state index in [0.29, 0.717) is 19.3 Å². The highest BCUT2D eigenvalue weighted by molar-refractivity contribution is 5.71. The van der Waals surface area contributed by atoms with Gasteiger partial charge in [-0.05, 0) is 70.6 Å². The molecule has 0 aromatic heterocycles. The predicted octanol–water partition coefficient (Wildman–Crippen LogP) is 15.3. The first kappa shape index (κ1) is 54.1. The van der Waals surface area contributed by atoms with Crippen molar-refractivity contribution in [2.24, 2.45) is 0 Å². The third kappa shape index (κ3) is 44.1. The molecule has 1 atom stereocenters. The molecule has 1 unspecified atom stereocenters. The Kier molecular flexibility index (Phi) is 43.5. The highest BCUT2D eigenvalue weighted by Crippen LogP contribution is 2.13. The van der Waals surface area contributed by atoms with Crippen molar-refractivity contribution in [3.05, 3.63) is 60.8 Å². The second-order valence-electron chi connectivity index (χ2n) is 15.7. The lowest BCUT2D eigenvalue weighted by Crippen LogP contribution is -2.30. The van der Waals surface area contributed by atoms with Gasteiger partial charge in [-0.3, -0.25) is 14.4 Å². The average Bonchev–Trinajstić information content (AvgIpc) is 3.21. The van der Waals surface area contributed by atoms with E-state index < -0.39 is 6.10 Å². The molecule has 0 amide bonds. The van der Waals surface area contributed by atoms with Crippen molar-refractivity contribution in [2.75, 3.05) is 13.2 Å². The fourth-order valence-corrected chi connectivity index (χ4v) is 6.46. The molecule has 0 saturated heterocycles.